The molecule has 6 heteroatoms. The Balaban J connectivity index is 2.61. The van der Waals surface area contributed by atoms with Crippen LogP contribution >= 0.6 is 11.6 Å². The van der Waals surface area contributed by atoms with Crippen molar-refractivity contribution in [2.45, 2.75) is 25.9 Å². The summed E-state index contributed by atoms with van der Waals surface area (Å²) in [5.74, 6) is -0.384. The molecular weight excluding hydrogens is 242 g/mol. The number of hydrogen-bond acceptors (Lipinski definition) is 4. The summed E-state index contributed by atoms with van der Waals surface area (Å²) < 4.78 is 0. The quantitative estimate of drug-likeness (QED) is 0.692. The van der Waals surface area contributed by atoms with Crippen molar-refractivity contribution < 1.29 is 9.90 Å². The fourth-order valence-electron chi connectivity index (χ4n) is 1.36. The number of nitrogens with two attached hydrogens (primary N) is 1. The van der Waals surface area contributed by atoms with Crippen molar-refractivity contribution in [3.63, 3.8) is 0 Å². The Morgan fingerprint density at radius 2 is 2.41 bits per heavy atom. The molecule has 0 saturated carbocycles. The Labute approximate surface area is 105 Å². The Morgan fingerprint density at radius 1 is 1.71 bits per heavy atom. The zero-order valence-electron chi connectivity index (χ0n) is 9.61. The summed E-state index contributed by atoms with van der Waals surface area (Å²) >= 11 is 5.78. The molecule has 0 fully saturated rings. The number of nitrogens with zero attached hydrogens (tertiary/aromatic N) is 1. The highest BCUT2D eigenvalue weighted by molar-refractivity contribution is 6.32. The number of aromatic nitrogens is 1. The molecule has 4 N–H and O–H groups in total. The SMILES string of the molecule is CCCC(O)CNC(=O)c1cc(N)cnc1Cl. The van der Waals surface area contributed by atoms with E-state index in [1.165, 1.54) is 12.3 Å². The third kappa shape index (κ3) is 4.20. The summed E-state index contributed by atoms with van der Waals surface area (Å²) in [6.45, 7) is 2.15. The van der Waals surface area contributed by atoms with Gasteiger partial charge >= 0.3 is 0 Å². The third-order valence-corrected chi connectivity index (χ3v) is 2.53. The molecule has 1 heterocycles. The average Bonchev–Trinajstić information content (AvgIpc) is 2.29. The number of hydrogen-bond donors (Lipinski definition) is 3. The normalized spacial score (nSPS) is 12.2. The van der Waals surface area contributed by atoms with Crippen molar-refractivity contribution in [2.24, 2.45) is 0 Å². The van der Waals surface area contributed by atoms with Gasteiger partial charge in [-0.1, -0.05) is 24.9 Å². The number of pyridine rings is 1. The number of halogens is 1. The van der Waals surface area contributed by atoms with Gasteiger partial charge in [-0.3, -0.25) is 4.79 Å². The van der Waals surface area contributed by atoms with Gasteiger partial charge in [-0.25, -0.2) is 4.98 Å². The molecule has 0 bridgehead atoms. The highest BCUT2D eigenvalue weighted by atomic mass is 35.5. The van der Waals surface area contributed by atoms with Crippen LogP contribution in [0.4, 0.5) is 5.69 Å². The molecule has 0 aliphatic heterocycles. The Bertz CT molecular complexity index is 398. The van der Waals surface area contributed by atoms with Crippen LogP contribution < -0.4 is 11.1 Å². The Morgan fingerprint density at radius 3 is 3.06 bits per heavy atom. The summed E-state index contributed by atoms with van der Waals surface area (Å²) in [6, 6.07) is 1.46. The first-order valence-electron chi connectivity index (χ1n) is 5.41. The molecule has 0 saturated heterocycles. The molecule has 1 aromatic heterocycles. The van der Waals surface area contributed by atoms with Gasteiger partial charge in [-0.2, -0.15) is 0 Å². The maximum atomic E-state index is 11.7. The van der Waals surface area contributed by atoms with Crippen LogP contribution in [0.2, 0.25) is 5.15 Å². The molecule has 0 aromatic carbocycles. The van der Waals surface area contributed by atoms with E-state index in [1.807, 2.05) is 6.92 Å². The van der Waals surface area contributed by atoms with Gasteiger partial charge in [0.25, 0.3) is 5.91 Å². The van der Waals surface area contributed by atoms with Gasteiger partial charge in [0, 0.05) is 6.54 Å². The zero-order chi connectivity index (χ0) is 12.8. The minimum Gasteiger partial charge on any atom is -0.397 e. The molecule has 5 nitrogen and oxygen atoms in total. The van der Waals surface area contributed by atoms with Gasteiger partial charge in [0.15, 0.2) is 0 Å². The summed E-state index contributed by atoms with van der Waals surface area (Å²) in [5, 5.41) is 12.2. The monoisotopic (exact) mass is 257 g/mol. The molecular formula is C11H16ClN3O2. The topological polar surface area (TPSA) is 88.2 Å². The maximum Gasteiger partial charge on any atom is 0.254 e. The molecule has 1 aromatic rings. The number of anilines is 1. The van der Waals surface area contributed by atoms with Gasteiger partial charge < -0.3 is 16.2 Å². The minimum absolute atomic E-state index is 0.0988. The second-order valence-electron chi connectivity index (χ2n) is 3.76. The van der Waals surface area contributed by atoms with Crippen LogP contribution in [0, 0.1) is 0 Å². The Kier molecular flexibility index (Phi) is 5.18. The fourth-order valence-corrected chi connectivity index (χ4v) is 1.55. The first-order valence-corrected chi connectivity index (χ1v) is 5.79. The Hall–Kier alpha value is -1.33. The van der Waals surface area contributed by atoms with E-state index in [-0.39, 0.29) is 23.2 Å². The van der Waals surface area contributed by atoms with Gasteiger partial charge in [0.2, 0.25) is 0 Å². The van der Waals surface area contributed by atoms with Gasteiger partial charge in [-0.05, 0) is 12.5 Å². The number of amides is 1. The van der Waals surface area contributed by atoms with E-state index in [2.05, 4.69) is 10.3 Å². The summed E-state index contributed by atoms with van der Waals surface area (Å²) in [7, 11) is 0. The third-order valence-electron chi connectivity index (χ3n) is 2.22. The minimum atomic E-state index is -0.545. The fraction of sp³-hybridized carbons (Fsp3) is 0.455. The number of carbonyl (C=O) groups excluding carboxylic acids is 1. The van der Waals surface area contributed by atoms with E-state index in [9.17, 15) is 9.90 Å². The molecule has 17 heavy (non-hydrogen) atoms. The second kappa shape index (κ2) is 6.42. The van der Waals surface area contributed by atoms with Crippen LogP contribution in [-0.4, -0.2) is 28.6 Å². The standard InChI is InChI=1S/C11H16ClN3O2/c1-2-3-8(16)6-15-11(17)9-4-7(13)5-14-10(9)12/h4-5,8,16H,2-3,6,13H2,1H3,(H,15,17). The van der Waals surface area contributed by atoms with Gasteiger partial charge in [0.05, 0.1) is 23.6 Å². The lowest BCUT2D eigenvalue weighted by Crippen LogP contribution is -2.32. The molecule has 1 atom stereocenters. The highest BCUT2D eigenvalue weighted by Gasteiger charge is 2.13. The molecule has 0 aliphatic rings. The van der Waals surface area contributed by atoms with E-state index in [1.54, 1.807) is 0 Å². The zero-order valence-corrected chi connectivity index (χ0v) is 10.4. The van der Waals surface area contributed by atoms with Crippen LogP contribution in [0.25, 0.3) is 0 Å². The van der Waals surface area contributed by atoms with Gasteiger partial charge in [0.1, 0.15) is 5.15 Å². The number of aliphatic hydroxyl groups is 1. The van der Waals surface area contributed by atoms with Gasteiger partial charge in [-0.15, -0.1) is 0 Å². The summed E-state index contributed by atoms with van der Waals surface area (Å²) in [5.41, 5.74) is 6.11. The number of rotatable bonds is 5. The highest BCUT2D eigenvalue weighted by Crippen LogP contribution is 2.15. The van der Waals surface area contributed by atoms with E-state index >= 15 is 0 Å². The molecule has 1 unspecified atom stereocenters. The average molecular weight is 258 g/mol. The van der Waals surface area contributed by atoms with Crippen molar-refractivity contribution in [1.29, 1.82) is 0 Å². The van der Waals surface area contributed by atoms with Crippen LogP contribution in [0.15, 0.2) is 12.3 Å². The molecule has 0 spiro atoms. The lowest BCUT2D eigenvalue weighted by atomic mass is 10.2. The molecule has 1 amide bonds. The smallest absolute Gasteiger partial charge is 0.254 e. The number of nitrogen functional groups attached to an aromatic ring is 1. The van der Waals surface area contributed by atoms with E-state index < -0.39 is 6.10 Å². The van der Waals surface area contributed by atoms with Crippen molar-refractivity contribution >= 4 is 23.2 Å². The van der Waals surface area contributed by atoms with Crippen LogP contribution in [0.3, 0.4) is 0 Å². The maximum absolute atomic E-state index is 11.7. The van der Waals surface area contributed by atoms with Crippen molar-refractivity contribution in [2.75, 3.05) is 12.3 Å². The lowest BCUT2D eigenvalue weighted by molar-refractivity contribution is 0.0910. The number of nitrogens with one attached hydrogen (secondary N) is 1. The van der Waals surface area contributed by atoms with E-state index in [4.69, 9.17) is 17.3 Å². The molecule has 0 aliphatic carbocycles. The number of carbonyl (C=O) groups is 1. The van der Waals surface area contributed by atoms with Crippen LogP contribution in [0.1, 0.15) is 30.1 Å². The first kappa shape index (κ1) is 13.7. The summed E-state index contributed by atoms with van der Waals surface area (Å²) in [6.07, 6.45) is 2.34. The first-order chi connectivity index (χ1) is 8.04. The van der Waals surface area contributed by atoms with Crippen LogP contribution in [0.5, 0.6) is 0 Å². The summed E-state index contributed by atoms with van der Waals surface area (Å²) in [4.78, 5) is 15.5. The molecule has 1 rings (SSSR count). The number of aliphatic hydroxyl groups excluding tert-OH is 1. The van der Waals surface area contributed by atoms with E-state index in [0.717, 1.165) is 6.42 Å². The predicted octanol–water partition coefficient (Wildman–Crippen LogP) is 1.21. The molecule has 0 radical (unpaired) electrons. The van der Waals surface area contributed by atoms with Crippen molar-refractivity contribution in [1.82, 2.24) is 10.3 Å². The van der Waals surface area contributed by atoms with Crippen LogP contribution in [-0.2, 0) is 0 Å². The molecule has 94 valence electrons. The predicted molar refractivity (Wildman–Crippen MR) is 66.9 cm³/mol. The lowest BCUT2D eigenvalue weighted by Gasteiger charge is -2.11. The second-order valence-corrected chi connectivity index (χ2v) is 4.12. The largest absolute Gasteiger partial charge is 0.397 e. The van der Waals surface area contributed by atoms with E-state index in [0.29, 0.717) is 12.1 Å². The van der Waals surface area contributed by atoms with Crippen molar-refractivity contribution in [3.05, 3.63) is 23.0 Å². The van der Waals surface area contributed by atoms with Crippen molar-refractivity contribution in [3.8, 4) is 0 Å².